The van der Waals surface area contributed by atoms with Crippen molar-refractivity contribution >= 4 is 0 Å². The minimum atomic E-state index is -1.87. The number of aliphatic hydroxyl groups excluding tert-OH is 13. The quantitative estimate of drug-likeness (QED) is 0.0785. The molecule has 3 saturated carbocycles. The molecule has 0 amide bonds. The van der Waals surface area contributed by atoms with Crippen LogP contribution in [0.2, 0.25) is 0 Å². The number of hydrogen-bond donors (Lipinski definition) is 13. The number of ether oxygens (including phenoxy) is 9. The number of allylic oxidation sites excluding steroid dienone is 2. The molecule has 22 heteroatoms. The molecule has 0 aromatic carbocycles. The van der Waals surface area contributed by atoms with Crippen molar-refractivity contribution in [2.45, 2.75) is 227 Å². The Bertz CT molecular complexity index is 1940. The molecule has 4 saturated heterocycles. The molecule has 0 spiro atoms. The van der Waals surface area contributed by atoms with Crippen molar-refractivity contribution in [3.8, 4) is 0 Å². The number of aliphatic hydroxyl groups is 13. The summed E-state index contributed by atoms with van der Waals surface area (Å²) in [5, 5.41) is 136. The molecular weight excluding hydrogens is 965 g/mol. The van der Waals surface area contributed by atoms with Crippen LogP contribution in [0.5, 0.6) is 0 Å². The zero-order chi connectivity index (χ0) is 52.6. The fourth-order valence-corrected chi connectivity index (χ4v) is 14.5. The van der Waals surface area contributed by atoms with Crippen LogP contribution in [0, 0.1) is 40.4 Å². The van der Waals surface area contributed by atoms with Gasteiger partial charge < -0.3 is 109 Å². The van der Waals surface area contributed by atoms with E-state index in [1.165, 1.54) is 18.1 Å². The van der Waals surface area contributed by atoms with E-state index in [0.717, 1.165) is 50.7 Å². The Morgan fingerprint density at radius 1 is 0.644 bits per heavy atom. The van der Waals surface area contributed by atoms with Gasteiger partial charge in [-0.3, -0.25) is 0 Å². The first kappa shape index (κ1) is 56.2. The highest BCUT2D eigenvalue weighted by molar-refractivity contribution is 5.30. The molecular formula is C51H82O22. The highest BCUT2D eigenvalue weighted by Crippen LogP contribution is 2.69. The lowest BCUT2D eigenvalue weighted by Crippen LogP contribution is -2.67. The molecule has 4 aliphatic carbocycles. The summed E-state index contributed by atoms with van der Waals surface area (Å²) >= 11 is 0. The molecule has 9 aliphatic rings. The van der Waals surface area contributed by atoms with Crippen LogP contribution in [-0.2, 0) is 42.6 Å². The molecule has 0 aromatic rings. The lowest BCUT2D eigenvalue weighted by molar-refractivity contribution is -0.394. The Balaban J connectivity index is 0.867. The largest absolute Gasteiger partial charge is 0.494 e. The maximum Gasteiger partial charge on any atom is 0.187 e. The summed E-state index contributed by atoms with van der Waals surface area (Å²) in [6.45, 7) is 8.79. The third-order valence-corrected chi connectivity index (χ3v) is 18.9. The van der Waals surface area contributed by atoms with Crippen LogP contribution in [0.15, 0.2) is 23.0 Å². The predicted octanol–water partition coefficient (Wildman–Crippen LogP) is -2.06. The van der Waals surface area contributed by atoms with Crippen molar-refractivity contribution < 1.29 is 109 Å². The van der Waals surface area contributed by atoms with Crippen molar-refractivity contribution in [2.24, 2.45) is 40.4 Å². The lowest BCUT2D eigenvalue weighted by Gasteiger charge is -2.58. The highest BCUT2D eigenvalue weighted by Gasteiger charge is 2.64. The normalized spacial score (nSPS) is 52.4. The van der Waals surface area contributed by atoms with E-state index in [0.29, 0.717) is 36.5 Å². The molecule has 0 aromatic heterocycles. The Morgan fingerprint density at radius 3 is 1.88 bits per heavy atom. The zero-order valence-electron chi connectivity index (χ0n) is 42.3. The molecule has 0 radical (unpaired) electrons. The van der Waals surface area contributed by atoms with Crippen LogP contribution < -0.4 is 0 Å². The zero-order valence-corrected chi connectivity index (χ0v) is 42.3. The van der Waals surface area contributed by atoms with E-state index in [4.69, 9.17) is 42.6 Å². The average Bonchev–Trinajstić information content (AvgIpc) is 3.86. The van der Waals surface area contributed by atoms with Gasteiger partial charge >= 0.3 is 0 Å². The van der Waals surface area contributed by atoms with Gasteiger partial charge in [0, 0.05) is 12.3 Å². The predicted molar refractivity (Wildman–Crippen MR) is 249 cm³/mol. The van der Waals surface area contributed by atoms with E-state index in [-0.39, 0.29) is 29.5 Å². The smallest absolute Gasteiger partial charge is 0.187 e. The topological polar surface area (TPSA) is 346 Å². The summed E-state index contributed by atoms with van der Waals surface area (Å²) < 4.78 is 55.0. The van der Waals surface area contributed by atoms with Gasteiger partial charge in [-0.1, -0.05) is 32.4 Å². The highest BCUT2D eigenvalue weighted by atomic mass is 16.8. The molecule has 22 nitrogen and oxygen atoms in total. The first-order valence-electron chi connectivity index (χ1n) is 26.5. The second kappa shape index (κ2) is 22.3. The summed E-state index contributed by atoms with van der Waals surface area (Å²) in [6.07, 6.45) is -20.8. The van der Waals surface area contributed by atoms with Gasteiger partial charge in [-0.2, -0.15) is 0 Å². The van der Waals surface area contributed by atoms with Gasteiger partial charge in [0.05, 0.1) is 44.4 Å². The molecule has 5 aliphatic heterocycles. The third-order valence-electron chi connectivity index (χ3n) is 18.9. The summed E-state index contributed by atoms with van der Waals surface area (Å²) in [4.78, 5) is 0. The summed E-state index contributed by atoms with van der Waals surface area (Å²) in [7, 11) is 0. The van der Waals surface area contributed by atoms with Crippen LogP contribution in [-0.4, -0.2) is 228 Å². The molecule has 9 rings (SSSR count). The Morgan fingerprint density at radius 2 is 1.22 bits per heavy atom. The molecule has 5 heterocycles. The number of fused-ring (bicyclic) bond motifs is 7. The van der Waals surface area contributed by atoms with Crippen LogP contribution in [0.25, 0.3) is 0 Å². The fourth-order valence-electron chi connectivity index (χ4n) is 14.5. The van der Waals surface area contributed by atoms with Gasteiger partial charge in [-0.05, 0) is 105 Å². The van der Waals surface area contributed by atoms with E-state index < -0.39 is 149 Å². The molecule has 5 unspecified atom stereocenters. The average molecular weight is 1050 g/mol. The minimum Gasteiger partial charge on any atom is -0.494 e. The van der Waals surface area contributed by atoms with Gasteiger partial charge in [0.25, 0.3) is 0 Å². The SMILES string of the molecule is CC1=C(CC[C@@H](C)CO[C@@H]2O[C@H](CO)[C@@H](O)[C@H](O)[C@H]2O)OC2CC3C4CC=C5C[C@@H](O[C@@H]6O[C@H](CO)[C@@H](O)[C@H](O[C@@H]7O[C@H](CO)[C@@H](O)[C@H](O)[C@H]7O)[C@H]6O[C@@H]6O[C@@H](C)[C@H](O)[C@@H](O)[C@H]6O)CC[C@]5(C)C4CC[C@]3(C)C12. The molecule has 29 atom stereocenters. The van der Waals surface area contributed by atoms with E-state index >= 15 is 0 Å². The first-order valence-corrected chi connectivity index (χ1v) is 26.5. The Kier molecular flexibility index (Phi) is 17.2. The fraction of sp³-hybridized carbons (Fsp3) is 0.922. The second-order valence-corrected chi connectivity index (χ2v) is 23.3. The lowest BCUT2D eigenvalue weighted by atomic mass is 9.47. The standard InChI is InChI=1S/C51H82O22/c1-20(19-65-46-41(62)39(60)35(56)30(16-52)69-46)6-9-28-21(2)33-29(68-28)15-27-25-8-7-23-14-24(10-12-50(23,4)26(25)11-13-51(27,33)5)67-49-45(73-47-42(63)38(59)34(55)22(3)66-47)44(37(58)32(18-54)71-49)72-48-43(64)40(61)36(57)31(17-53)70-48/h7,20,22,24-27,29-49,52-64H,6,8-19H2,1-5H3/t20-,22+,24+,25?,26?,27?,29?,30-,31-,32-,33?,34+,35-,36-,37-,38-,39+,40+,41-,42-,43-,44+,45-,46-,47+,48+,49-,50+,51+/m1/s1. The van der Waals surface area contributed by atoms with Crippen LogP contribution in [0.3, 0.4) is 0 Å². The van der Waals surface area contributed by atoms with E-state index in [1.54, 1.807) is 0 Å². The van der Waals surface area contributed by atoms with Crippen LogP contribution >= 0.6 is 0 Å². The van der Waals surface area contributed by atoms with Crippen LogP contribution in [0.4, 0.5) is 0 Å². The van der Waals surface area contributed by atoms with E-state index in [1.807, 2.05) is 6.92 Å². The van der Waals surface area contributed by atoms with Crippen molar-refractivity contribution in [3.63, 3.8) is 0 Å². The molecule has 0 bridgehead atoms. The Labute approximate surface area is 425 Å². The van der Waals surface area contributed by atoms with Gasteiger partial charge in [-0.25, -0.2) is 0 Å². The molecule has 418 valence electrons. The van der Waals surface area contributed by atoms with Crippen molar-refractivity contribution in [3.05, 3.63) is 23.0 Å². The van der Waals surface area contributed by atoms with Crippen molar-refractivity contribution in [1.82, 2.24) is 0 Å². The van der Waals surface area contributed by atoms with Gasteiger partial charge in [0.15, 0.2) is 25.2 Å². The second-order valence-electron chi connectivity index (χ2n) is 23.3. The third kappa shape index (κ3) is 10.2. The maximum atomic E-state index is 11.6. The number of hydrogen-bond acceptors (Lipinski definition) is 22. The monoisotopic (exact) mass is 1050 g/mol. The van der Waals surface area contributed by atoms with E-state index in [2.05, 4.69) is 26.8 Å². The minimum absolute atomic E-state index is 0.0500. The number of rotatable bonds is 15. The van der Waals surface area contributed by atoms with Gasteiger partial charge in [0.1, 0.15) is 97.7 Å². The summed E-state index contributed by atoms with van der Waals surface area (Å²) in [6, 6.07) is 0. The molecule has 13 N–H and O–H groups in total. The first-order chi connectivity index (χ1) is 34.6. The van der Waals surface area contributed by atoms with Crippen molar-refractivity contribution in [1.29, 1.82) is 0 Å². The Hall–Kier alpha value is -1.56. The molecule has 73 heavy (non-hydrogen) atoms. The van der Waals surface area contributed by atoms with E-state index in [9.17, 15) is 66.4 Å². The summed E-state index contributed by atoms with van der Waals surface area (Å²) in [5.41, 5.74) is 2.50. The van der Waals surface area contributed by atoms with Gasteiger partial charge in [-0.15, -0.1) is 0 Å². The molecule has 7 fully saturated rings. The summed E-state index contributed by atoms with van der Waals surface area (Å²) in [5.74, 6) is 2.70. The maximum absolute atomic E-state index is 11.6. The van der Waals surface area contributed by atoms with Crippen molar-refractivity contribution in [2.75, 3.05) is 26.4 Å². The van der Waals surface area contributed by atoms with Gasteiger partial charge in [0.2, 0.25) is 0 Å². The van der Waals surface area contributed by atoms with Crippen LogP contribution in [0.1, 0.15) is 92.4 Å².